The summed E-state index contributed by atoms with van der Waals surface area (Å²) in [4.78, 5) is 7.13. The molecule has 3 aromatic rings. The van der Waals surface area contributed by atoms with Crippen molar-refractivity contribution in [3.05, 3.63) is 30.6 Å². The minimum atomic E-state index is 0.773. The van der Waals surface area contributed by atoms with Crippen LogP contribution in [0.2, 0.25) is 0 Å². The van der Waals surface area contributed by atoms with Crippen molar-refractivity contribution in [2.75, 3.05) is 44.7 Å². The topological polar surface area (TPSA) is 67.6 Å². The van der Waals surface area contributed by atoms with Gasteiger partial charge in [0.25, 0.3) is 0 Å². The maximum absolute atomic E-state index is 5.37. The molecular formula is C16H20N6O. The third-order valence-corrected chi connectivity index (χ3v) is 4.18. The van der Waals surface area contributed by atoms with E-state index in [0.29, 0.717) is 0 Å². The summed E-state index contributed by atoms with van der Waals surface area (Å²) in [6, 6.07) is 8.03. The molecule has 120 valence electrons. The van der Waals surface area contributed by atoms with Gasteiger partial charge >= 0.3 is 0 Å². The van der Waals surface area contributed by atoms with Crippen LogP contribution in [-0.4, -0.2) is 63.9 Å². The molecule has 4 rings (SSSR count). The zero-order valence-corrected chi connectivity index (χ0v) is 13.0. The number of nitrogens with one attached hydrogen (secondary N) is 1. The summed E-state index contributed by atoms with van der Waals surface area (Å²) in [6.07, 6.45) is 2.80. The molecule has 1 aromatic carbocycles. The van der Waals surface area contributed by atoms with Crippen LogP contribution in [0.3, 0.4) is 0 Å². The molecule has 1 fully saturated rings. The number of hydrogen-bond acceptors (Lipinski definition) is 6. The average molecular weight is 312 g/mol. The zero-order valence-electron chi connectivity index (χ0n) is 13.0. The van der Waals surface area contributed by atoms with Crippen LogP contribution in [0.1, 0.15) is 6.42 Å². The van der Waals surface area contributed by atoms with Crippen LogP contribution in [0.5, 0.6) is 0 Å². The minimum Gasteiger partial charge on any atom is -0.379 e. The number of fused-ring (bicyclic) bond motifs is 3. The molecule has 2 aromatic heterocycles. The van der Waals surface area contributed by atoms with E-state index in [9.17, 15) is 0 Å². The Morgan fingerprint density at radius 1 is 1.17 bits per heavy atom. The molecule has 1 aliphatic rings. The first-order valence-corrected chi connectivity index (χ1v) is 8.04. The van der Waals surface area contributed by atoms with E-state index >= 15 is 0 Å². The molecule has 0 radical (unpaired) electrons. The quantitative estimate of drug-likeness (QED) is 0.719. The fourth-order valence-corrected chi connectivity index (χ4v) is 2.96. The van der Waals surface area contributed by atoms with E-state index in [1.54, 1.807) is 6.33 Å². The second-order valence-corrected chi connectivity index (χ2v) is 5.71. The van der Waals surface area contributed by atoms with E-state index in [2.05, 4.69) is 20.4 Å². The number of hydrogen-bond donors (Lipinski definition) is 1. The predicted octanol–water partition coefficient (Wildman–Crippen LogP) is 1.41. The van der Waals surface area contributed by atoms with Crippen molar-refractivity contribution >= 4 is 22.5 Å². The van der Waals surface area contributed by atoms with E-state index < -0.39 is 0 Å². The van der Waals surface area contributed by atoms with E-state index in [4.69, 9.17) is 9.72 Å². The molecule has 0 amide bonds. The highest BCUT2D eigenvalue weighted by molar-refractivity contribution is 5.82. The van der Waals surface area contributed by atoms with Crippen LogP contribution < -0.4 is 5.32 Å². The Labute approximate surface area is 134 Å². The Bertz CT molecular complexity index is 795. The average Bonchev–Trinajstić information content (AvgIpc) is 3.10. The SMILES string of the molecule is c1ccc2c(c1)nc(NCCCN1CCOCC1)c1nncn12. The standard InChI is InChI=1S/C16H20N6O/c1-2-5-14-13(4-1)19-15(16-20-18-12-22(14)16)17-6-3-7-21-8-10-23-11-9-21/h1-2,4-5,12H,3,6-11H2,(H,17,19). The van der Waals surface area contributed by atoms with Crippen molar-refractivity contribution in [3.8, 4) is 0 Å². The van der Waals surface area contributed by atoms with E-state index in [1.807, 2.05) is 28.7 Å². The molecule has 0 saturated carbocycles. The molecule has 0 spiro atoms. The lowest BCUT2D eigenvalue weighted by atomic mass is 10.3. The maximum atomic E-state index is 5.37. The number of morpholine rings is 1. The summed E-state index contributed by atoms with van der Waals surface area (Å²) in [6.45, 7) is 5.70. The zero-order chi connectivity index (χ0) is 15.5. The molecule has 7 heteroatoms. The van der Waals surface area contributed by atoms with Crippen molar-refractivity contribution in [2.24, 2.45) is 0 Å². The number of anilines is 1. The van der Waals surface area contributed by atoms with E-state index in [1.165, 1.54) is 0 Å². The Hall–Kier alpha value is -2.25. The summed E-state index contributed by atoms with van der Waals surface area (Å²) < 4.78 is 7.35. The monoisotopic (exact) mass is 312 g/mol. The highest BCUT2D eigenvalue weighted by Crippen LogP contribution is 2.19. The number of rotatable bonds is 5. The van der Waals surface area contributed by atoms with Crippen LogP contribution in [0.25, 0.3) is 16.7 Å². The fourth-order valence-electron chi connectivity index (χ4n) is 2.96. The first-order chi connectivity index (χ1) is 11.4. The molecule has 3 heterocycles. The number of ether oxygens (including phenoxy) is 1. The fraction of sp³-hybridized carbons (Fsp3) is 0.438. The van der Waals surface area contributed by atoms with Crippen molar-refractivity contribution in [1.29, 1.82) is 0 Å². The predicted molar refractivity (Wildman–Crippen MR) is 88.7 cm³/mol. The lowest BCUT2D eigenvalue weighted by Crippen LogP contribution is -2.37. The van der Waals surface area contributed by atoms with Gasteiger partial charge in [0.05, 0.1) is 24.2 Å². The lowest BCUT2D eigenvalue weighted by molar-refractivity contribution is 0.0378. The lowest BCUT2D eigenvalue weighted by Gasteiger charge is -2.26. The molecular weight excluding hydrogens is 292 g/mol. The van der Waals surface area contributed by atoms with Crippen molar-refractivity contribution in [3.63, 3.8) is 0 Å². The third-order valence-electron chi connectivity index (χ3n) is 4.18. The number of nitrogens with zero attached hydrogens (tertiary/aromatic N) is 5. The number of aromatic nitrogens is 4. The highest BCUT2D eigenvalue weighted by atomic mass is 16.5. The maximum Gasteiger partial charge on any atom is 0.203 e. The van der Waals surface area contributed by atoms with Gasteiger partial charge in [-0.3, -0.25) is 9.30 Å². The molecule has 0 unspecified atom stereocenters. The van der Waals surface area contributed by atoms with Gasteiger partial charge < -0.3 is 10.1 Å². The number of benzene rings is 1. The van der Waals surface area contributed by atoms with Gasteiger partial charge in [0.2, 0.25) is 5.65 Å². The van der Waals surface area contributed by atoms with Gasteiger partial charge in [0, 0.05) is 19.6 Å². The molecule has 23 heavy (non-hydrogen) atoms. The van der Waals surface area contributed by atoms with Crippen LogP contribution in [0.4, 0.5) is 5.82 Å². The molecule has 1 N–H and O–H groups in total. The second-order valence-electron chi connectivity index (χ2n) is 5.71. The Balaban J connectivity index is 1.46. The summed E-state index contributed by atoms with van der Waals surface area (Å²) in [5.74, 6) is 0.795. The van der Waals surface area contributed by atoms with Gasteiger partial charge in [0.1, 0.15) is 6.33 Å². The van der Waals surface area contributed by atoms with Crippen molar-refractivity contribution in [2.45, 2.75) is 6.42 Å². The summed E-state index contributed by atoms with van der Waals surface area (Å²) >= 11 is 0. The molecule has 1 aliphatic heterocycles. The summed E-state index contributed by atoms with van der Waals surface area (Å²) in [5.41, 5.74) is 2.73. The third kappa shape index (κ3) is 2.97. The van der Waals surface area contributed by atoms with Gasteiger partial charge in [-0.1, -0.05) is 12.1 Å². The Morgan fingerprint density at radius 2 is 2.04 bits per heavy atom. The summed E-state index contributed by atoms with van der Waals surface area (Å²) in [5, 5.41) is 11.6. The van der Waals surface area contributed by atoms with Crippen molar-refractivity contribution in [1.82, 2.24) is 24.5 Å². The van der Waals surface area contributed by atoms with Crippen LogP contribution in [-0.2, 0) is 4.74 Å². The Kier molecular flexibility index (Phi) is 4.04. The minimum absolute atomic E-state index is 0.773. The highest BCUT2D eigenvalue weighted by Gasteiger charge is 2.11. The second kappa shape index (κ2) is 6.47. The smallest absolute Gasteiger partial charge is 0.203 e. The van der Waals surface area contributed by atoms with Crippen molar-refractivity contribution < 1.29 is 4.74 Å². The van der Waals surface area contributed by atoms with Crippen LogP contribution in [0, 0.1) is 0 Å². The molecule has 1 saturated heterocycles. The largest absolute Gasteiger partial charge is 0.379 e. The molecule has 0 aliphatic carbocycles. The van der Waals surface area contributed by atoms with Gasteiger partial charge in [-0.05, 0) is 25.1 Å². The van der Waals surface area contributed by atoms with E-state index in [-0.39, 0.29) is 0 Å². The summed E-state index contributed by atoms with van der Waals surface area (Å²) in [7, 11) is 0. The van der Waals surface area contributed by atoms with Gasteiger partial charge in [0.15, 0.2) is 5.82 Å². The van der Waals surface area contributed by atoms with Gasteiger partial charge in [-0.25, -0.2) is 4.98 Å². The van der Waals surface area contributed by atoms with E-state index in [0.717, 1.165) is 68.3 Å². The first kappa shape index (κ1) is 14.3. The Morgan fingerprint density at radius 3 is 2.96 bits per heavy atom. The van der Waals surface area contributed by atoms with Gasteiger partial charge in [-0.2, -0.15) is 0 Å². The normalized spacial score (nSPS) is 16.2. The van der Waals surface area contributed by atoms with Crippen LogP contribution in [0.15, 0.2) is 30.6 Å². The first-order valence-electron chi connectivity index (χ1n) is 8.04. The molecule has 0 atom stereocenters. The van der Waals surface area contributed by atoms with Crippen LogP contribution >= 0.6 is 0 Å². The number of para-hydroxylation sites is 2. The molecule has 7 nitrogen and oxygen atoms in total. The van der Waals surface area contributed by atoms with Gasteiger partial charge in [-0.15, -0.1) is 10.2 Å². The molecule has 0 bridgehead atoms.